The van der Waals surface area contributed by atoms with Crippen LogP contribution in [0.15, 0.2) is 30.3 Å². The predicted octanol–water partition coefficient (Wildman–Crippen LogP) is 1.81. The van der Waals surface area contributed by atoms with Crippen LogP contribution < -0.4 is 5.32 Å². The fraction of sp³-hybridized carbons (Fsp3) is 0.579. The van der Waals surface area contributed by atoms with Crippen molar-refractivity contribution in [1.82, 2.24) is 15.1 Å². The Morgan fingerprint density at radius 1 is 1.08 bits per heavy atom. The number of likely N-dealkylation sites (N-methyl/N-ethyl adjacent to an activating group) is 1. The van der Waals surface area contributed by atoms with Gasteiger partial charge in [0.1, 0.15) is 6.04 Å². The molecule has 1 aliphatic heterocycles. The zero-order chi connectivity index (χ0) is 17.1. The minimum Gasteiger partial charge on any atom is -0.353 e. The molecule has 3 rings (SSSR count). The molecule has 24 heavy (non-hydrogen) atoms. The van der Waals surface area contributed by atoms with Gasteiger partial charge < -0.3 is 10.2 Å². The number of benzene rings is 1. The fourth-order valence-corrected chi connectivity index (χ4v) is 3.36. The summed E-state index contributed by atoms with van der Waals surface area (Å²) in [6.45, 7) is 1.66. The second kappa shape index (κ2) is 7.34. The number of rotatable bonds is 5. The van der Waals surface area contributed by atoms with Crippen molar-refractivity contribution in [3.05, 3.63) is 35.9 Å². The van der Waals surface area contributed by atoms with Crippen molar-refractivity contribution in [1.29, 1.82) is 0 Å². The van der Waals surface area contributed by atoms with E-state index in [1.54, 1.807) is 19.0 Å². The normalized spacial score (nSPS) is 20.4. The van der Waals surface area contributed by atoms with Crippen LogP contribution in [0.3, 0.4) is 0 Å². The Labute approximate surface area is 144 Å². The molecule has 1 atom stereocenters. The number of likely N-dealkylation sites (tertiary alicyclic amines) is 1. The summed E-state index contributed by atoms with van der Waals surface area (Å²) in [7, 11) is 3.61. The molecule has 2 aliphatic rings. The van der Waals surface area contributed by atoms with Gasteiger partial charge in [0.25, 0.3) is 0 Å². The molecule has 5 nitrogen and oxygen atoms in total. The van der Waals surface area contributed by atoms with Crippen LogP contribution in [0.4, 0.5) is 0 Å². The molecule has 1 unspecified atom stereocenters. The fourth-order valence-electron chi connectivity index (χ4n) is 3.36. The van der Waals surface area contributed by atoms with Crippen LogP contribution in [0.25, 0.3) is 0 Å². The second-order valence-electron chi connectivity index (χ2n) is 7.14. The quantitative estimate of drug-likeness (QED) is 0.896. The number of hydrogen-bond acceptors (Lipinski definition) is 3. The second-order valence-corrected chi connectivity index (χ2v) is 7.14. The van der Waals surface area contributed by atoms with E-state index in [9.17, 15) is 9.59 Å². The van der Waals surface area contributed by atoms with Crippen molar-refractivity contribution in [2.24, 2.45) is 5.92 Å². The van der Waals surface area contributed by atoms with Crippen molar-refractivity contribution < 1.29 is 9.59 Å². The minimum absolute atomic E-state index is 0.113. The van der Waals surface area contributed by atoms with Gasteiger partial charge in [-0.3, -0.25) is 14.5 Å². The smallest absolute Gasteiger partial charge is 0.244 e. The molecule has 5 heteroatoms. The van der Waals surface area contributed by atoms with E-state index < -0.39 is 0 Å². The van der Waals surface area contributed by atoms with Crippen LogP contribution in [-0.4, -0.2) is 54.8 Å². The van der Waals surface area contributed by atoms with Crippen LogP contribution in [-0.2, 0) is 9.59 Å². The standard InChI is InChI=1S/C19H27N3O2/c1-21(2)19(24)17(14-6-4-3-5-7-14)22-12-10-16(11-13-22)20-18(23)15-8-9-15/h3-7,15-17H,8-13H2,1-2H3,(H,20,23). The molecule has 1 saturated carbocycles. The SMILES string of the molecule is CN(C)C(=O)C(c1ccccc1)N1CCC(NC(=O)C2CC2)CC1. The topological polar surface area (TPSA) is 52.7 Å². The molecular weight excluding hydrogens is 302 g/mol. The van der Waals surface area contributed by atoms with Crippen LogP contribution in [0, 0.1) is 5.92 Å². The Hall–Kier alpha value is -1.88. The number of carbonyl (C=O) groups excluding carboxylic acids is 2. The first-order valence-corrected chi connectivity index (χ1v) is 8.87. The van der Waals surface area contributed by atoms with Crippen molar-refractivity contribution in [3.8, 4) is 0 Å². The van der Waals surface area contributed by atoms with Crippen LogP contribution >= 0.6 is 0 Å². The molecule has 1 aromatic rings. The summed E-state index contributed by atoms with van der Waals surface area (Å²) in [6.07, 6.45) is 3.89. The van der Waals surface area contributed by atoms with Crippen LogP contribution in [0.1, 0.15) is 37.3 Å². The molecule has 0 bridgehead atoms. The molecule has 130 valence electrons. The van der Waals surface area contributed by atoms with E-state index in [0.29, 0.717) is 0 Å². The zero-order valence-electron chi connectivity index (χ0n) is 14.6. The lowest BCUT2D eigenvalue weighted by Gasteiger charge is -2.38. The van der Waals surface area contributed by atoms with E-state index in [1.165, 1.54) is 0 Å². The number of carbonyl (C=O) groups is 2. The molecule has 2 fully saturated rings. The van der Waals surface area contributed by atoms with Crippen LogP contribution in [0.2, 0.25) is 0 Å². The maximum absolute atomic E-state index is 12.7. The molecule has 1 saturated heterocycles. The monoisotopic (exact) mass is 329 g/mol. The summed E-state index contributed by atoms with van der Waals surface area (Å²) in [4.78, 5) is 28.5. The number of piperidine rings is 1. The van der Waals surface area contributed by atoms with Crippen molar-refractivity contribution in [3.63, 3.8) is 0 Å². The van der Waals surface area contributed by atoms with Crippen molar-refractivity contribution in [2.75, 3.05) is 27.2 Å². The maximum atomic E-state index is 12.7. The zero-order valence-corrected chi connectivity index (χ0v) is 14.6. The lowest BCUT2D eigenvalue weighted by atomic mass is 9.98. The van der Waals surface area contributed by atoms with Gasteiger partial charge in [0, 0.05) is 39.1 Å². The van der Waals surface area contributed by atoms with Gasteiger partial charge in [-0.15, -0.1) is 0 Å². The average Bonchev–Trinajstić information content (AvgIpc) is 3.42. The summed E-state index contributed by atoms with van der Waals surface area (Å²) in [5.74, 6) is 0.592. The highest BCUT2D eigenvalue weighted by atomic mass is 16.2. The predicted molar refractivity (Wildman–Crippen MR) is 93.3 cm³/mol. The van der Waals surface area contributed by atoms with Crippen LogP contribution in [0.5, 0.6) is 0 Å². The maximum Gasteiger partial charge on any atom is 0.244 e. The van der Waals surface area contributed by atoms with Crippen molar-refractivity contribution in [2.45, 2.75) is 37.8 Å². The van der Waals surface area contributed by atoms with Gasteiger partial charge in [0.2, 0.25) is 11.8 Å². The Kier molecular flexibility index (Phi) is 5.19. The molecule has 1 aliphatic carbocycles. The molecule has 1 heterocycles. The molecule has 0 spiro atoms. The lowest BCUT2D eigenvalue weighted by Crippen LogP contribution is -2.49. The van der Waals surface area contributed by atoms with Gasteiger partial charge in [0.15, 0.2) is 0 Å². The van der Waals surface area contributed by atoms with Gasteiger partial charge in [-0.2, -0.15) is 0 Å². The first-order chi connectivity index (χ1) is 11.6. The largest absolute Gasteiger partial charge is 0.353 e. The summed E-state index contributed by atoms with van der Waals surface area (Å²) < 4.78 is 0. The Morgan fingerprint density at radius 3 is 2.25 bits per heavy atom. The van der Waals surface area contributed by atoms with Gasteiger partial charge in [-0.25, -0.2) is 0 Å². The average molecular weight is 329 g/mol. The molecular formula is C19H27N3O2. The Bertz CT molecular complexity index is 576. The summed E-state index contributed by atoms with van der Waals surface area (Å²) >= 11 is 0. The van der Waals surface area contributed by atoms with E-state index in [-0.39, 0.29) is 29.8 Å². The number of amides is 2. The van der Waals surface area contributed by atoms with Gasteiger partial charge in [0.05, 0.1) is 0 Å². The molecule has 0 radical (unpaired) electrons. The summed E-state index contributed by atoms with van der Waals surface area (Å²) in [6, 6.07) is 9.99. The van der Waals surface area contributed by atoms with E-state index in [1.807, 2.05) is 30.3 Å². The third-order valence-electron chi connectivity index (χ3n) is 4.98. The Morgan fingerprint density at radius 2 is 1.71 bits per heavy atom. The number of hydrogen-bond donors (Lipinski definition) is 1. The van der Waals surface area contributed by atoms with E-state index in [0.717, 1.165) is 44.3 Å². The third-order valence-corrected chi connectivity index (χ3v) is 4.98. The molecule has 2 amide bonds. The first-order valence-electron chi connectivity index (χ1n) is 8.87. The highest BCUT2D eigenvalue weighted by Gasteiger charge is 2.34. The summed E-state index contributed by atoms with van der Waals surface area (Å²) in [5, 5.41) is 3.17. The Balaban J connectivity index is 1.64. The van der Waals surface area contributed by atoms with Crippen molar-refractivity contribution >= 4 is 11.8 Å². The van der Waals surface area contributed by atoms with E-state index in [4.69, 9.17) is 0 Å². The third kappa shape index (κ3) is 3.96. The van der Waals surface area contributed by atoms with Gasteiger partial charge in [-0.1, -0.05) is 30.3 Å². The number of nitrogens with zero attached hydrogens (tertiary/aromatic N) is 2. The highest BCUT2D eigenvalue weighted by molar-refractivity contribution is 5.83. The lowest BCUT2D eigenvalue weighted by molar-refractivity contribution is -0.135. The molecule has 1 N–H and O–H groups in total. The highest BCUT2D eigenvalue weighted by Crippen LogP contribution is 2.30. The van der Waals surface area contributed by atoms with Gasteiger partial charge >= 0.3 is 0 Å². The van der Waals surface area contributed by atoms with E-state index >= 15 is 0 Å². The number of nitrogens with one attached hydrogen (secondary N) is 1. The minimum atomic E-state index is -0.235. The van der Waals surface area contributed by atoms with Gasteiger partial charge in [-0.05, 0) is 31.2 Å². The molecule has 1 aromatic carbocycles. The summed E-state index contributed by atoms with van der Waals surface area (Å²) in [5.41, 5.74) is 1.04. The molecule has 0 aromatic heterocycles. The van der Waals surface area contributed by atoms with E-state index in [2.05, 4.69) is 10.2 Å². The first kappa shape index (κ1) is 17.0.